The molecule has 0 aliphatic carbocycles. The molecule has 0 spiro atoms. The van der Waals surface area contributed by atoms with Gasteiger partial charge in [0.05, 0.1) is 0 Å². The molecular formula is C16H21ClN2O. The highest BCUT2D eigenvalue weighted by Crippen LogP contribution is 2.22. The zero-order valence-corrected chi connectivity index (χ0v) is 12.5. The van der Waals surface area contributed by atoms with Crippen molar-refractivity contribution in [3.8, 4) is 0 Å². The van der Waals surface area contributed by atoms with Gasteiger partial charge in [0.25, 0.3) is 5.91 Å². The van der Waals surface area contributed by atoms with Crippen LogP contribution < -0.4 is 0 Å². The van der Waals surface area contributed by atoms with Crippen molar-refractivity contribution in [3.05, 3.63) is 34.9 Å². The topological polar surface area (TPSA) is 23.6 Å². The van der Waals surface area contributed by atoms with E-state index in [9.17, 15) is 4.79 Å². The van der Waals surface area contributed by atoms with E-state index in [1.165, 1.54) is 25.9 Å². The second kappa shape index (κ2) is 6.15. The number of amides is 1. The molecule has 0 unspecified atom stereocenters. The quantitative estimate of drug-likeness (QED) is 0.836. The van der Waals surface area contributed by atoms with E-state index in [0.29, 0.717) is 11.1 Å². The highest BCUT2D eigenvalue weighted by Gasteiger charge is 2.28. The molecule has 0 bridgehead atoms. The normalized spacial score (nSPS) is 21.4. The van der Waals surface area contributed by atoms with Gasteiger partial charge in [-0.25, -0.2) is 0 Å². The number of halogens is 1. The average molecular weight is 293 g/mol. The van der Waals surface area contributed by atoms with Crippen molar-refractivity contribution < 1.29 is 4.79 Å². The Labute approximate surface area is 125 Å². The molecule has 2 fully saturated rings. The first-order valence-corrected chi connectivity index (χ1v) is 7.91. The van der Waals surface area contributed by atoms with Crippen LogP contribution in [0.4, 0.5) is 0 Å². The van der Waals surface area contributed by atoms with Gasteiger partial charge < -0.3 is 9.80 Å². The predicted octanol–water partition coefficient (Wildman–Crippen LogP) is 3.04. The third-order valence-corrected chi connectivity index (χ3v) is 4.75. The molecule has 4 heteroatoms. The maximum atomic E-state index is 12.4. The largest absolute Gasteiger partial charge is 0.339 e. The minimum atomic E-state index is 0.140. The molecule has 2 heterocycles. The molecule has 108 valence electrons. The van der Waals surface area contributed by atoms with Gasteiger partial charge in [-0.15, -0.1) is 0 Å². The Morgan fingerprint density at radius 3 is 2.20 bits per heavy atom. The van der Waals surface area contributed by atoms with Crippen molar-refractivity contribution in [1.82, 2.24) is 9.80 Å². The van der Waals surface area contributed by atoms with E-state index in [1.54, 1.807) is 12.1 Å². The molecule has 0 radical (unpaired) electrons. The fraction of sp³-hybridized carbons (Fsp3) is 0.562. The average Bonchev–Trinajstić information content (AvgIpc) is 3.02. The van der Waals surface area contributed by atoms with Crippen molar-refractivity contribution >= 4 is 17.5 Å². The third-order valence-electron chi connectivity index (χ3n) is 4.50. The molecule has 0 aromatic heterocycles. The van der Waals surface area contributed by atoms with Gasteiger partial charge in [0.1, 0.15) is 0 Å². The fourth-order valence-electron chi connectivity index (χ4n) is 3.32. The number of carbonyl (C=O) groups is 1. The van der Waals surface area contributed by atoms with Gasteiger partial charge in [-0.05, 0) is 63.0 Å². The molecule has 2 aliphatic heterocycles. The highest BCUT2D eigenvalue weighted by atomic mass is 35.5. The van der Waals surface area contributed by atoms with E-state index in [2.05, 4.69) is 4.90 Å². The summed E-state index contributed by atoms with van der Waals surface area (Å²) >= 11 is 5.86. The minimum Gasteiger partial charge on any atom is -0.339 e. The lowest BCUT2D eigenvalue weighted by Crippen LogP contribution is -2.45. The number of benzene rings is 1. The Morgan fingerprint density at radius 1 is 1.00 bits per heavy atom. The van der Waals surface area contributed by atoms with E-state index in [-0.39, 0.29) is 5.91 Å². The second-order valence-electron chi connectivity index (χ2n) is 5.77. The third kappa shape index (κ3) is 2.99. The van der Waals surface area contributed by atoms with Crippen LogP contribution >= 0.6 is 11.6 Å². The first-order chi connectivity index (χ1) is 9.74. The van der Waals surface area contributed by atoms with Crippen LogP contribution in [0.3, 0.4) is 0 Å². The van der Waals surface area contributed by atoms with Crippen LogP contribution in [0.15, 0.2) is 24.3 Å². The maximum absolute atomic E-state index is 12.4. The monoisotopic (exact) mass is 292 g/mol. The second-order valence-corrected chi connectivity index (χ2v) is 6.21. The molecule has 0 saturated carbocycles. The Kier molecular flexibility index (Phi) is 4.27. The number of carbonyl (C=O) groups excluding carboxylic acids is 1. The maximum Gasteiger partial charge on any atom is 0.253 e. The van der Waals surface area contributed by atoms with Gasteiger partial charge in [0.2, 0.25) is 0 Å². The smallest absolute Gasteiger partial charge is 0.253 e. The zero-order chi connectivity index (χ0) is 13.9. The summed E-state index contributed by atoms with van der Waals surface area (Å²) in [6.07, 6.45) is 4.90. The summed E-state index contributed by atoms with van der Waals surface area (Å²) < 4.78 is 0. The van der Waals surface area contributed by atoms with Gasteiger partial charge in [-0.3, -0.25) is 4.79 Å². The molecule has 0 N–H and O–H groups in total. The fourth-order valence-corrected chi connectivity index (χ4v) is 3.44. The van der Waals surface area contributed by atoms with Crippen LogP contribution in [-0.4, -0.2) is 47.9 Å². The summed E-state index contributed by atoms with van der Waals surface area (Å²) in [4.78, 5) is 17.0. The van der Waals surface area contributed by atoms with Crippen molar-refractivity contribution in [2.24, 2.45) is 0 Å². The molecule has 2 saturated heterocycles. The van der Waals surface area contributed by atoms with Crippen molar-refractivity contribution in [3.63, 3.8) is 0 Å². The molecule has 1 amide bonds. The van der Waals surface area contributed by atoms with E-state index < -0.39 is 0 Å². The number of rotatable bonds is 2. The van der Waals surface area contributed by atoms with E-state index in [0.717, 1.165) is 31.5 Å². The van der Waals surface area contributed by atoms with E-state index >= 15 is 0 Å². The lowest BCUT2D eigenvalue weighted by atomic mass is 10.0. The summed E-state index contributed by atoms with van der Waals surface area (Å²) in [5, 5.41) is 0.675. The van der Waals surface area contributed by atoms with Crippen LogP contribution in [0, 0.1) is 0 Å². The summed E-state index contributed by atoms with van der Waals surface area (Å²) in [6, 6.07) is 7.89. The predicted molar refractivity (Wildman–Crippen MR) is 81.2 cm³/mol. The number of likely N-dealkylation sites (tertiary alicyclic amines) is 2. The first-order valence-electron chi connectivity index (χ1n) is 7.53. The summed E-state index contributed by atoms with van der Waals surface area (Å²) in [5.41, 5.74) is 0.744. The number of hydrogen-bond donors (Lipinski definition) is 0. The van der Waals surface area contributed by atoms with Crippen molar-refractivity contribution in [2.45, 2.75) is 31.7 Å². The number of piperidine rings is 1. The molecule has 3 nitrogen and oxygen atoms in total. The Balaban J connectivity index is 1.57. The molecular weight excluding hydrogens is 272 g/mol. The van der Waals surface area contributed by atoms with Crippen LogP contribution in [0.2, 0.25) is 5.02 Å². The SMILES string of the molecule is O=C(c1ccc(Cl)cc1)N1CCC(N2CCCC2)CC1. The highest BCUT2D eigenvalue weighted by molar-refractivity contribution is 6.30. The molecule has 20 heavy (non-hydrogen) atoms. The van der Waals surface area contributed by atoms with Gasteiger partial charge in [0.15, 0.2) is 0 Å². The summed E-state index contributed by atoms with van der Waals surface area (Å²) in [7, 11) is 0. The first kappa shape index (κ1) is 13.9. The standard InChI is InChI=1S/C16H21ClN2O/c17-14-5-3-13(4-6-14)16(20)19-11-7-15(8-12-19)18-9-1-2-10-18/h3-6,15H,1-2,7-12H2. The van der Waals surface area contributed by atoms with Gasteiger partial charge >= 0.3 is 0 Å². The minimum absolute atomic E-state index is 0.140. The van der Waals surface area contributed by atoms with Gasteiger partial charge in [-0.1, -0.05) is 11.6 Å². The van der Waals surface area contributed by atoms with E-state index in [4.69, 9.17) is 11.6 Å². The Bertz CT molecular complexity index is 460. The van der Waals surface area contributed by atoms with Crippen LogP contribution in [0.5, 0.6) is 0 Å². The van der Waals surface area contributed by atoms with E-state index in [1.807, 2.05) is 17.0 Å². The zero-order valence-electron chi connectivity index (χ0n) is 11.7. The van der Waals surface area contributed by atoms with Gasteiger partial charge in [0, 0.05) is 29.7 Å². The molecule has 1 aromatic rings. The van der Waals surface area contributed by atoms with Crippen LogP contribution in [0.25, 0.3) is 0 Å². The molecule has 0 atom stereocenters. The molecule has 3 rings (SSSR count). The number of hydrogen-bond acceptors (Lipinski definition) is 2. The van der Waals surface area contributed by atoms with Crippen LogP contribution in [0.1, 0.15) is 36.0 Å². The Morgan fingerprint density at radius 2 is 1.60 bits per heavy atom. The molecule has 2 aliphatic rings. The summed E-state index contributed by atoms with van der Waals surface area (Å²) in [6.45, 7) is 4.25. The van der Waals surface area contributed by atoms with Crippen molar-refractivity contribution in [2.75, 3.05) is 26.2 Å². The number of nitrogens with zero attached hydrogens (tertiary/aromatic N) is 2. The van der Waals surface area contributed by atoms with Gasteiger partial charge in [-0.2, -0.15) is 0 Å². The Hall–Kier alpha value is -1.06. The summed E-state index contributed by atoms with van der Waals surface area (Å²) in [5.74, 6) is 0.140. The van der Waals surface area contributed by atoms with Crippen LogP contribution in [-0.2, 0) is 0 Å². The lowest BCUT2D eigenvalue weighted by Gasteiger charge is -2.36. The lowest BCUT2D eigenvalue weighted by molar-refractivity contribution is 0.0644. The molecule has 1 aromatic carbocycles. The van der Waals surface area contributed by atoms with Crippen molar-refractivity contribution in [1.29, 1.82) is 0 Å².